The molecule has 0 fully saturated rings. The van der Waals surface area contributed by atoms with Gasteiger partial charge in [-0.05, 0) is 42.8 Å². The monoisotopic (exact) mass is 306 g/mol. The van der Waals surface area contributed by atoms with Crippen molar-refractivity contribution in [2.45, 2.75) is 6.92 Å². The van der Waals surface area contributed by atoms with Gasteiger partial charge in [-0.3, -0.25) is 10.1 Å². The SMILES string of the molecule is Cc1ccc2nc(/C=C/c3ccc(O)c([N+](=O)[O-])c3)ccc2c1. The van der Waals surface area contributed by atoms with Crippen molar-refractivity contribution in [3.05, 3.63) is 75.5 Å². The van der Waals surface area contributed by atoms with Crippen LogP contribution in [0.2, 0.25) is 0 Å². The van der Waals surface area contributed by atoms with Gasteiger partial charge >= 0.3 is 5.69 Å². The van der Waals surface area contributed by atoms with E-state index in [2.05, 4.69) is 11.1 Å². The molecular weight excluding hydrogens is 292 g/mol. The Kier molecular flexibility index (Phi) is 3.76. The van der Waals surface area contributed by atoms with Gasteiger partial charge in [0.25, 0.3) is 0 Å². The molecule has 0 atom stereocenters. The molecule has 3 rings (SSSR count). The average Bonchev–Trinajstić information content (AvgIpc) is 2.53. The van der Waals surface area contributed by atoms with Crippen LogP contribution in [0, 0.1) is 17.0 Å². The third-order valence-electron chi connectivity index (χ3n) is 3.51. The summed E-state index contributed by atoms with van der Waals surface area (Å²) in [7, 11) is 0. The molecule has 0 radical (unpaired) electrons. The normalized spacial score (nSPS) is 11.2. The number of nitrogens with zero attached hydrogens (tertiary/aromatic N) is 2. The lowest BCUT2D eigenvalue weighted by Crippen LogP contribution is -1.89. The third kappa shape index (κ3) is 3.18. The maximum absolute atomic E-state index is 10.8. The second-order valence-electron chi connectivity index (χ2n) is 5.27. The minimum absolute atomic E-state index is 0.311. The van der Waals surface area contributed by atoms with E-state index in [-0.39, 0.29) is 11.4 Å². The van der Waals surface area contributed by atoms with Gasteiger partial charge in [-0.1, -0.05) is 29.8 Å². The predicted octanol–water partition coefficient (Wildman–Crippen LogP) is 4.33. The first-order valence-corrected chi connectivity index (χ1v) is 7.06. The van der Waals surface area contributed by atoms with Gasteiger partial charge in [0.05, 0.1) is 16.1 Å². The molecule has 0 bridgehead atoms. The number of benzene rings is 2. The van der Waals surface area contributed by atoms with Crippen LogP contribution in [0.3, 0.4) is 0 Å². The first-order chi connectivity index (χ1) is 11.0. The molecule has 0 aliphatic carbocycles. The maximum atomic E-state index is 10.8. The summed E-state index contributed by atoms with van der Waals surface area (Å²) in [5, 5.41) is 21.4. The van der Waals surface area contributed by atoms with Crippen molar-refractivity contribution in [3.8, 4) is 5.75 Å². The quantitative estimate of drug-likeness (QED) is 0.577. The Morgan fingerprint density at radius 3 is 2.70 bits per heavy atom. The first kappa shape index (κ1) is 14.7. The zero-order valence-electron chi connectivity index (χ0n) is 12.4. The number of hydrogen-bond donors (Lipinski definition) is 1. The third-order valence-corrected chi connectivity index (χ3v) is 3.51. The lowest BCUT2D eigenvalue weighted by Gasteiger charge is -2.01. The van der Waals surface area contributed by atoms with Crippen molar-refractivity contribution in [1.29, 1.82) is 0 Å². The Labute approximate surface area is 132 Å². The number of fused-ring (bicyclic) bond motifs is 1. The molecular formula is C18H14N2O3. The van der Waals surface area contributed by atoms with Gasteiger partial charge in [-0.25, -0.2) is 4.98 Å². The molecule has 1 aromatic heterocycles. The summed E-state index contributed by atoms with van der Waals surface area (Å²) in [4.78, 5) is 14.8. The number of aryl methyl sites for hydroxylation is 1. The Hall–Kier alpha value is -3.21. The smallest absolute Gasteiger partial charge is 0.311 e. The minimum Gasteiger partial charge on any atom is -0.502 e. The highest BCUT2D eigenvalue weighted by Gasteiger charge is 2.12. The number of aromatic nitrogens is 1. The molecule has 3 aromatic rings. The molecule has 5 nitrogen and oxygen atoms in total. The fourth-order valence-corrected chi connectivity index (χ4v) is 2.33. The Morgan fingerprint density at radius 2 is 1.91 bits per heavy atom. The van der Waals surface area contributed by atoms with Crippen molar-refractivity contribution in [3.63, 3.8) is 0 Å². The van der Waals surface area contributed by atoms with E-state index >= 15 is 0 Å². The molecule has 114 valence electrons. The van der Waals surface area contributed by atoms with Crippen LogP contribution in [0.15, 0.2) is 48.5 Å². The van der Waals surface area contributed by atoms with E-state index in [1.54, 1.807) is 18.2 Å². The zero-order chi connectivity index (χ0) is 16.4. The summed E-state index contributed by atoms with van der Waals surface area (Å²) >= 11 is 0. The topological polar surface area (TPSA) is 76.3 Å². The average molecular weight is 306 g/mol. The van der Waals surface area contributed by atoms with E-state index < -0.39 is 4.92 Å². The fourth-order valence-electron chi connectivity index (χ4n) is 2.33. The van der Waals surface area contributed by atoms with Crippen molar-refractivity contribution < 1.29 is 10.0 Å². The Balaban J connectivity index is 1.92. The van der Waals surface area contributed by atoms with Gasteiger partial charge in [-0.15, -0.1) is 0 Å². The molecule has 2 aromatic carbocycles. The van der Waals surface area contributed by atoms with E-state index in [9.17, 15) is 15.2 Å². The van der Waals surface area contributed by atoms with Crippen LogP contribution in [-0.4, -0.2) is 15.0 Å². The highest BCUT2D eigenvalue weighted by atomic mass is 16.6. The van der Waals surface area contributed by atoms with Crippen molar-refractivity contribution in [2.75, 3.05) is 0 Å². The number of pyridine rings is 1. The van der Waals surface area contributed by atoms with Crippen LogP contribution in [-0.2, 0) is 0 Å². The lowest BCUT2D eigenvalue weighted by atomic mass is 10.1. The van der Waals surface area contributed by atoms with Crippen LogP contribution < -0.4 is 0 Å². The number of aromatic hydroxyl groups is 1. The Bertz CT molecular complexity index is 933. The highest BCUT2D eigenvalue weighted by Crippen LogP contribution is 2.27. The number of hydrogen-bond acceptors (Lipinski definition) is 4. The first-order valence-electron chi connectivity index (χ1n) is 7.06. The van der Waals surface area contributed by atoms with Gasteiger partial charge in [0, 0.05) is 11.5 Å². The number of nitro groups is 1. The molecule has 0 aliphatic rings. The van der Waals surface area contributed by atoms with Gasteiger partial charge in [0.15, 0.2) is 5.75 Å². The zero-order valence-corrected chi connectivity index (χ0v) is 12.4. The van der Waals surface area contributed by atoms with Crippen LogP contribution >= 0.6 is 0 Å². The van der Waals surface area contributed by atoms with Gasteiger partial charge in [0.1, 0.15) is 0 Å². The van der Waals surface area contributed by atoms with Crippen LogP contribution in [0.25, 0.3) is 23.1 Å². The number of phenolic OH excluding ortho intramolecular Hbond substituents is 1. The number of rotatable bonds is 3. The molecule has 0 saturated carbocycles. The number of phenols is 1. The van der Waals surface area contributed by atoms with E-state index in [4.69, 9.17) is 0 Å². The van der Waals surface area contributed by atoms with E-state index in [1.165, 1.54) is 17.7 Å². The van der Waals surface area contributed by atoms with Crippen molar-refractivity contribution in [1.82, 2.24) is 4.98 Å². The molecule has 23 heavy (non-hydrogen) atoms. The molecule has 5 heteroatoms. The summed E-state index contributed by atoms with van der Waals surface area (Å²) in [6.07, 6.45) is 3.52. The molecule has 0 spiro atoms. The van der Waals surface area contributed by atoms with E-state index in [0.29, 0.717) is 5.56 Å². The largest absolute Gasteiger partial charge is 0.502 e. The van der Waals surface area contributed by atoms with Gasteiger partial charge < -0.3 is 5.11 Å². The predicted molar refractivity (Wildman–Crippen MR) is 90.2 cm³/mol. The summed E-state index contributed by atoms with van der Waals surface area (Å²) < 4.78 is 0. The molecule has 1 heterocycles. The summed E-state index contributed by atoms with van der Waals surface area (Å²) in [5.41, 5.74) is 3.15. The van der Waals surface area contributed by atoms with Crippen LogP contribution in [0.1, 0.15) is 16.8 Å². The lowest BCUT2D eigenvalue weighted by molar-refractivity contribution is -0.385. The van der Waals surface area contributed by atoms with Crippen molar-refractivity contribution >= 4 is 28.7 Å². The maximum Gasteiger partial charge on any atom is 0.311 e. The molecule has 0 aliphatic heterocycles. The van der Waals surface area contributed by atoms with Crippen LogP contribution in [0.4, 0.5) is 5.69 Å². The van der Waals surface area contributed by atoms with E-state index in [0.717, 1.165) is 16.6 Å². The van der Waals surface area contributed by atoms with Gasteiger partial charge in [0.2, 0.25) is 0 Å². The number of nitro benzene ring substituents is 1. The summed E-state index contributed by atoms with van der Waals surface area (Å²) in [5.74, 6) is -0.341. The second-order valence-corrected chi connectivity index (χ2v) is 5.27. The van der Waals surface area contributed by atoms with Crippen LogP contribution in [0.5, 0.6) is 5.75 Å². The highest BCUT2D eigenvalue weighted by molar-refractivity contribution is 5.81. The molecule has 0 amide bonds. The summed E-state index contributed by atoms with van der Waals surface area (Å²) in [6, 6.07) is 14.2. The molecule has 1 N–H and O–H groups in total. The van der Waals surface area contributed by atoms with E-state index in [1.807, 2.05) is 31.2 Å². The fraction of sp³-hybridized carbons (Fsp3) is 0.0556. The molecule has 0 saturated heterocycles. The second kappa shape index (κ2) is 5.88. The standard InChI is InChI=1S/C18H14N2O3/c1-12-2-8-16-14(10-12)5-7-15(19-16)6-3-13-4-9-18(21)17(11-13)20(22)23/h2-11,21H,1H3/b6-3+. The van der Waals surface area contributed by atoms with Gasteiger partial charge in [-0.2, -0.15) is 0 Å². The van der Waals surface area contributed by atoms with Crippen molar-refractivity contribution in [2.24, 2.45) is 0 Å². The summed E-state index contributed by atoms with van der Waals surface area (Å²) in [6.45, 7) is 2.03. The molecule has 0 unspecified atom stereocenters. The minimum atomic E-state index is -0.608. The Morgan fingerprint density at radius 1 is 1.09 bits per heavy atom.